The largest absolute Gasteiger partial charge is 0.395 e. The van der Waals surface area contributed by atoms with Crippen LogP contribution in [0.2, 0.25) is 0 Å². The van der Waals surface area contributed by atoms with Crippen molar-refractivity contribution in [2.45, 2.75) is 39.7 Å². The highest BCUT2D eigenvalue weighted by molar-refractivity contribution is 4.73. The number of likely N-dealkylation sites (N-methyl/N-ethyl adjacent to an activating group) is 1. The number of nitrogens with zero attached hydrogens (tertiary/aromatic N) is 1. The highest BCUT2D eigenvalue weighted by Crippen LogP contribution is 2.04. The van der Waals surface area contributed by atoms with E-state index in [-0.39, 0.29) is 6.61 Å². The molecule has 0 saturated heterocycles. The Labute approximate surface area is 94.9 Å². The monoisotopic (exact) mass is 216 g/mol. The zero-order chi connectivity index (χ0) is 11.7. The van der Waals surface area contributed by atoms with Crippen molar-refractivity contribution in [1.82, 2.24) is 10.2 Å². The lowest BCUT2D eigenvalue weighted by Crippen LogP contribution is -2.44. The van der Waals surface area contributed by atoms with E-state index in [0.717, 1.165) is 19.6 Å². The van der Waals surface area contributed by atoms with Gasteiger partial charge >= 0.3 is 0 Å². The van der Waals surface area contributed by atoms with Crippen LogP contribution in [0.3, 0.4) is 0 Å². The minimum atomic E-state index is 0.262. The second kappa shape index (κ2) is 9.13. The molecule has 0 heterocycles. The van der Waals surface area contributed by atoms with Crippen LogP contribution in [0.15, 0.2) is 0 Å². The summed E-state index contributed by atoms with van der Waals surface area (Å²) in [5.74, 6) is 0.637. The second-order valence-electron chi connectivity index (χ2n) is 4.52. The Kier molecular flexibility index (Phi) is 9.06. The number of rotatable bonds is 9. The van der Waals surface area contributed by atoms with Gasteiger partial charge in [0.05, 0.1) is 6.61 Å². The topological polar surface area (TPSA) is 35.5 Å². The number of aliphatic hydroxyl groups is 1. The number of hydrogen-bond donors (Lipinski definition) is 2. The Morgan fingerprint density at radius 2 is 1.93 bits per heavy atom. The van der Waals surface area contributed by atoms with E-state index >= 15 is 0 Å². The molecule has 15 heavy (non-hydrogen) atoms. The third kappa shape index (κ3) is 6.88. The van der Waals surface area contributed by atoms with Gasteiger partial charge in [0, 0.05) is 19.1 Å². The molecule has 0 radical (unpaired) electrons. The smallest absolute Gasteiger partial charge is 0.0558 e. The molecule has 0 fully saturated rings. The van der Waals surface area contributed by atoms with Crippen LogP contribution in [0.25, 0.3) is 0 Å². The van der Waals surface area contributed by atoms with Crippen LogP contribution in [0, 0.1) is 5.92 Å². The van der Waals surface area contributed by atoms with Crippen LogP contribution in [0.1, 0.15) is 33.6 Å². The lowest BCUT2D eigenvalue weighted by atomic mass is 10.0. The van der Waals surface area contributed by atoms with Gasteiger partial charge in [-0.15, -0.1) is 0 Å². The van der Waals surface area contributed by atoms with Gasteiger partial charge in [-0.05, 0) is 25.9 Å². The summed E-state index contributed by atoms with van der Waals surface area (Å²) in [6.45, 7) is 9.87. The summed E-state index contributed by atoms with van der Waals surface area (Å²) < 4.78 is 0. The molecule has 3 nitrogen and oxygen atoms in total. The molecule has 0 saturated carbocycles. The van der Waals surface area contributed by atoms with Gasteiger partial charge in [-0.2, -0.15) is 0 Å². The van der Waals surface area contributed by atoms with E-state index in [1.165, 1.54) is 12.8 Å². The molecule has 3 heteroatoms. The first kappa shape index (κ1) is 14.9. The maximum absolute atomic E-state index is 9.00. The predicted octanol–water partition coefficient (Wildman–Crippen LogP) is 1.32. The summed E-state index contributed by atoms with van der Waals surface area (Å²) in [5.41, 5.74) is 0. The average Bonchev–Trinajstić information content (AvgIpc) is 2.21. The molecule has 0 aromatic heterocycles. The van der Waals surface area contributed by atoms with Crippen molar-refractivity contribution in [2.24, 2.45) is 5.92 Å². The van der Waals surface area contributed by atoms with Crippen LogP contribution in [0.4, 0.5) is 0 Å². The highest BCUT2D eigenvalue weighted by Gasteiger charge is 2.14. The molecule has 0 aliphatic rings. The number of nitrogens with one attached hydrogen (secondary N) is 1. The highest BCUT2D eigenvalue weighted by atomic mass is 16.3. The molecule has 0 aliphatic heterocycles. The van der Waals surface area contributed by atoms with Crippen LogP contribution in [0.5, 0.6) is 0 Å². The van der Waals surface area contributed by atoms with E-state index in [2.05, 4.69) is 31.0 Å². The Bertz CT molecular complexity index is 140. The molecule has 0 aliphatic carbocycles. The van der Waals surface area contributed by atoms with E-state index < -0.39 is 0 Å². The molecule has 0 aromatic rings. The Morgan fingerprint density at radius 1 is 1.27 bits per heavy atom. The van der Waals surface area contributed by atoms with Crippen molar-refractivity contribution < 1.29 is 5.11 Å². The predicted molar refractivity (Wildman–Crippen MR) is 66.1 cm³/mol. The number of hydrogen-bond acceptors (Lipinski definition) is 3. The van der Waals surface area contributed by atoms with Crippen molar-refractivity contribution in [2.75, 3.05) is 33.3 Å². The van der Waals surface area contributed by atoms with Crippen LogP contribution < -0.4 is 5.32 Å². The van der Waals surface area contributed by atoms with Gasteiger partial charge in [0.1, 0.15) is 0 Å². The van der Waals surface area contributed by atoms with Gasteiger partial charge in [-0.3, -0.25) is 4.90 Å². The standard InChI is InChI=1S/C12H28N2O/c1-5-6-7-14(8-9-15)10-12(13-4)11(2)3/h11-13,15H,5-10H2,1-4H3. The van der Waals surface area contributed by atoms with Gasteiger partial charge < -0.3 is 10.4 Å². The Balaban J connectivity index is 3.99. The van der Waals surface area contributed by atoms with Crippen molar-refractivity contribution >= 4 is 0 Å². The lowest BCUT2D eigenvalue weighted by molar-refractivity contribution is 0.171. The first-order valence-electron chi connectivity index (χ1n) is 6.16. The van der Waals surface area contributed by atoms with Crippen molar-refractivity contribution in [3.05, 3.63) is 0 Å². The fourth-order valence-electron chi connectivity index (χ4n) is 1.73. The normalized spacial score (nSPS) is 13.8. The van der Waals surface area contributed by atoms with E-state index in [9.17, 15) is 0 Å². The van der Waals surface area contributed by atoms with Crippen molar-refractivity contribution in [3.63, 3.8) is 0 Å². The van der Waals surface area contributed by atoms with Crippen LogP contribution >= 0.6 is 0 Å². The molecule has 1 unspecified atom stereocenters. The minimum absolute atomic E-state index is 0.262. The van der Waals surface area contributed by atoms with Crippen LogP contribution in [-0.4, -0.2) is 49.3 Å². The van der Waals surface area contributed by atoms with E-state index in [4.69, 9.17) is 5.11 Å². The van der Waals surface area contributed by atoms with Crippen LogP contribution in [-0.2, 0) is 0 Å². The molecule has 0 bridgehead atoms. The zero-order valence-electron chi connectivity index (χ0n) is 10.8. The summed E-state index contributed by atoms with van der Waals surface area (Å²) in [5, 5.41) is 12.3. The first-order chi connectivity index (χ1) is 7.15. The fourth-order valence-corrected chi connectivity index (χ4v) is 1.73. The summed E-state index contributed by atoms with van der Waals surface area (Å²) in [4.78, 5) is 2.35. The van der Waals surface area contributed by atoms with Gasteiger partial charge in [0.15, 0.2) is 0 Å². The molecule has 1 atom stereocenters. The number of unbranched alkanes of at least 4 members (excludes halogenated alkanes) is 1. The maximum atomic E-state index is 9.00. The summed E-state index contributed by atoms with van der Waals surface area (Å²) in [6.07, 6.45) is 2.43. The quantitative estimate of drug-likeness (QED) is 0.610. The van der Waals surface area contributed by atoms with Gasteiger partial charge in [-0.1, -0.05) is 27.2 Å². The molecule has 0 amide bonds. The second-order valence-corrected chi connectivity index (χ2v) is 4.52. The van der Waals surface area contributed by atoms with Crippen molar-refractivity contribution in [1.29, 1.82) is 0 Å². The molecule has 0 rings (SSSR count). The summed E-state index contributed by atoms with van der Waals surface area (Å²) >= 11 is 0. The Morgan fingerprint density at radius 3 is 2.33 bits per heavy atom. The van der Waals surface area contributed by atoms with E-state index in [1.54, 1.807) is 0 Å². The van der Waals surface area contributed by atoms with Crippen molar-refractivity contribution in [3.8, 4) is 0 Å². The van der Waals surface area contributed by atoms with Gasteiger partial charge in [-0.25, -0.2) is 0 Å². The Hall–Kier alpha value is -0.120. The average molecular weight is 216 g/mol. The molecule has 0 spiro atoms. The van der Waals surface area contributed by atoms with Gasteiger partial charge in [0.25, 0.3) is 0 Å². The molecular weight excluding hydrogens is 188 g/mol. The molecule has 0 aromatic carbocycles. The fraction of sp³-hybridized carbons (Fsp3) is 1.00. The summed E-state index contributed by atoms with van der Waals surface area (Å²) in [6, 6.07) is 0.522. The van der Waals surface area contributed by atoms with E-state index in [1.807, 2.05) is 7.05 Å². The van der Waals surface area contributed by atoms with Gasteiger partial charge in [0.2, 0.25) is 0 Å². The first-order valence-corrected chi connectivity index (χ1v) is 6.16. The molecule has 92 valence electrons. The maximum Gasteiger partial charge on any atom is 0.0558 e. The molecule has 2 N–H and O–H groups in total. The van der Waals surface area contributed by atoms with E-state index in [0.29, 0.717) is 12.0 Å². The minimum Gasteiger partial charge on any atom is -0.395 e. The zero-order valence-corrected chi connectivity index (χ0v) is 10.8. The third-order valence-corrected chi connectivity index (χ3v) is 2.87. The lowest BCUT2D eigenvalue weighted by Gasteiger charge is -2.29. The number of aliphatic hydroxyl groups excluding tert-OH is 1. The summed E-state index contributed by atoms with van der Waals surface area (Å²) in [7, 11) is 2.02. The SMILES string of the molecule is CCCCN(CCO)CC(NC)C(C)C. The third-order valence-electron chi connectivity index (χ3n) is 2.87. The molecular formula is C12H28N2O.